The van der Waals surface area contributed by atoms with Crippen LogP contribution in [0.3, 0.4) is 0 Å². The summed E-state index contributed by atoms with van der Waals surface area (Å²) in [5, 5.41) is 10.5. The maximum atomic E-state index is 12.2. The van der Waals surface area contributed by atoms with Crippen molar-refractivity contribution in [3.63, 3.8) is 0 Å². The third-order valence-electron chi connectivity index (χ3n) is 3.20. The second-order valence-corrected chi connectivity index (χ2v) is 4.58. The van der Waals surface area contributed by atoms with Crippen LogP contribution in [0.2, 0.25) is 0 Å². The van der Waals surface area contributed by atoms with Gasteiger partial charge in [0.1, 0.15) is 5.75 Å². The minimum absolute atomic E-state index is 0.210. The van der Waals surface area contributed by atoms with Gasteiger partial charge in [-0.3, -0.25) is 9.89 Å². The zero-order valence-corrected chi connectivity index (χ0v) is 11.4. The van der Waals surface area contributed by atoms with Crippen LogP contribution in [0.1, 0.15) is 10.4 Å². The van der Waals surface area contributed by atoms with Crippen molar-refractivity contribution in [1.82, 2.24) is 10.2 Å². The van der Waals surface area contributed by atoms with Crippen LogP contribution in [-0.4, -0.2) is 23.2 Å². The smallest absolute Gasteiger partial charge is 0.255 e. The number of anilines is 2. The molecule has 1 amide bonds. The lowest BCUT2D eigenvalue weighted by Gasteiger charge is -2.09. The second-order valence-electron chi connectivity index (χ2n) is 4.58. The van der Waals surface area contributed by atoms with Gasteiger partial charge in [0.05, 0.1) is 24.5 Å². The summed E-state index contributed by atoms with van der Waals surface area (Å²) in [6.45, 7) is 0. The highest BCUT2D eigenvalue weighted by Crippen LogP contribution is 2.25. The van der Waals surface area contributed by atoms with Crippen LogP contribution in [0.5, 0.6) is 5.75 Å². The summed E-state index contributed by atoms with van der Waals surface area (Å²) in [5.41, 5.74) is 8.25. The number of nitrogens with zero attached hydrogens (tertiary/aromatic N) is 1. The van der Waals surface area contributed by atoms with Crippen LogP contribution in [0.4, 0.5) is 11.4 Å². The van der Waals surface area contributed by atoms with Crippen LogP contribution in [0, 0.1) is 0 Å². The Morgan fingerprint density at radius 1 is 1.29 bits per heavy atom. The lowest BCUT2D eigenvalue weighted by Crippen LogP contribution is -2.12. The first-order valence-corrected chi connectivity index (χ1v) is 6.35. The number of fused-ring (bicyclic) bond motifs is 1. The Morgan fingerprint density at radius 3 is 2.95 bits per heavy atom. The molecule has 0 aliphatic heterocycles. The van der Waals surface area contributed by atoms with Crippen molar-refractivity contribution < 1.29 is 9.53 Å². The van der Waals surface area contributed by atoms with Crippen LogP contribution in [0.25, 0.3) is 10.9 Å². The topological polar surface area (TPSA) is 93.0 Å². The summed E-state index contributed by atoms with van der Waals surface area (Å²) in [6.07, 6.45) is 1.71. The molecule has 0 radical (unpaired) electrons. The van der Waals surface area contributed by atoms with E-state index in [-0.39, 0.29) is 5.91 Å². The van der Waals surface area contributed by atoms with Gasteiger partial charge < -0.3 is 15.8 Å². The highest BCUT2D eigenvalue weighted by atomic mass is 16.5. The average molecular weight is 282 g/mol. The fourth-order valence-electron chi connectivity index (χ4n) is 2.07. The van der Waals surface area contributed by atoms with E-state index in [2.05, 4.69) is 15.5 Å². The molecule has 0 saturated heterocycles. The molecule has 0 fully saturated rings. The van der Waals surface area contributed by atoms with Gasteiger partial charge in [-0.2, -0.15) is 5.10 Å². The van der Waals surface area contributed by atoms with E-state index in [0.29, 0.717) is 22.7 Å². The Balaban J connectivity index is 1.85. The van der Waals surface area contributed by atoms with E-state index in [0.717, 1.165) is 10.9 Å². The molecule has 1 heterocycles. The molecule has 0 aliphatic rings. The Labute approximate surface area is 120 Å². The Kier molecular flexibility index (Phi) is 3.19. The normalized spacial score (nSPS) is 10.5. The number of nitrogen functional groups attached to an aromatic ring is 1. The number of nitrogens with one attached hydrogen (secondary N) is 2. The van der Waals surface area contributed by atoms with Gasteiger partial charge in [0.2, 0.25) is 0 Å². The first-order valence-electron chi connectivity index (χ1n) is 6.35. The fourth-order valence-corrected chi connectivity index (χ4v) is 2.07. The molecule has 1 aromatic heterocycles. The molecule has 6 heteroatoms. The van der Waals surface area contributed by atoms with E-state index in [1.807, 2.05) is 6.07 Å². The number of benzene rings is 2. The average Bonchev–Trinajstić information content (AvgIpc) is 2.96. The van der Waals surface area contributed by atoms with Crippen LogP contribution < -0.4 is 15.8 Å². The molecular weight excluding hydrogens is 268 g/mol. The Morgan fingerprint density at radius 2 is 2.14 bits per heavy atom. The SMILES string of the molecule is COc1cc(NC(=O)c2ccc3cn[nH]c3c2)ccc1N. The highest BCUT2D eigenvalue weighted by Gasteiger charge is 2.09. The van der Waals surface area contributed by atoms with E-state index in [1.54, 1.807) is 36.5 Å². The number of H-pyrrole nitrogens is 1. The first-order chi connectivity index (χ1) is 10.2. The molecule has 2 aromatic carbocycles. The van der Waals surface area contributed by atoms with Crippen molar-refractivity contribution in [3.8, 4) is 5.75 Å². The van der Waals surface area contributed by atoms with Gasteiger partial charge in [0.25, 0.3) is 5.91 Å². The number of amides is 1. The van der Waals surface area contributed by atoms with Crippen LogP contribution in [0.15, 0.2) is 42.6 Å². The van der Waals surface area contributed by atoms with Crippen molar-refractivity contribution >= 4 is 28.2 Å². The van der Waals surface area contributed by atoms with Gasteiger partial charge >= 0.3 is 0 Å². The fraction of sp³-hybridized carbons (Fsp3) is 0.0667. The number of hydrogen-bond donors (Lipinski definition) is 3. The summed E-state index contributed by atoms with van der Waals surface area (Å²) in [7, 11) is 1.53. The van der Waals surface area contributed by atoms with Gasteiger partial charge in [-0.1, -0.05) is 6.07 Å². The third kappa shape index (κ3) is 2.51. The van der Waals surface area contributed by atoms with Crippen LogP contribution >= 0.6 is 0 Å². The molecular formula is C15H14N4O2. The number of carbonyl (C=O) groups is 1. The Hall–Kier alpha value is -3.02. The molecule has 106 valence electrons. The van der Waals surface area contributed by atoms with Gasteiger partial charge in [0, 0.05) is 22.7 Å². The summed E-state index contributed by atoms with van der Waals surface area (Å²) in [6, 6.07) is 10.4. The molecule has 0 bridgehead atoms. The monoisotopic (exact) mass is 282 g/mol. The lowest BCUT2D eigenvalue weighted by molar-refractivity contribution is 0.102. The Bertz CT molecular complexity index is 810. The molecule has 3 aromatic rings. The third-order valence-corrected chi connectivity index (χ3v) is 3.20. The van der Waals surface area contributed by atoms with Crippen molar-refractivity contribution in [2.75, 3.05) is 18.2 Å². The van der Waals surface area contributed by atoms with Crippen molar-refractivity contribution in [2.45, 2.75) is 0 Å². The van der Waals surface area contributed by atoms with Gasteiger partial charge in [-0.25, -0.2) is 0 Å². The number of aromatic nitrogens is 2. The van der Waals surface area contributed by atoms with E-state index < -0.39 is 0 Å². The minimum Gasteiger partial charge on any atom is -0.495 e. The van der Waals surface area contributed by atoms with Crippen LogP contribution in [-0.2, 0) is 0 Å². The van der Waals surface area contributed by atoms with Gasteiger partial charge in [-0.05, 0) is 24.3 Å². The highest BCUT2D eigenvalue weighted by molar-refractivity contribution is 6.06. The summed E-state index contributed by atoms with van der Waals surface area (Å²) < 4.78 is 5.13. The predicted molar refractivity (Wildman–Crippen MR) is 81.5 cm³/mol. The predicted octanol–water partition coefficient (Wildman–Crippen LogP) is 2.41. The molecule has 0 unspecified atom stereocenters. The lowest BCUT2D eigenvalue weighted by atomic mass is 10.1. The van der Waals surface area contributed by atoms with Gasteiger partial charge in [-0.15, -0.1) is 0 Å². The number of hydrogen-bond acceptors (Lipinski definition) is 4. The van der Waals surface area contributed by atoms with Gasteiger partial charge in [0.15, 0.2) is 0 Å². The number of methoxy groups -OCH3 is 1. The minimum atomic E-state index is -0.210. The van der Waals surface area contributed by atoms with Crippen molar-refractivity contribution in [2.24, 2.45) is 0 Å². The standard InChI is InChI=1S/C15H14N4O2/c1-21-14-7-11(4-5-12(14)16)18-15(20)9-2-3-10-8-17-19-13(10)6-9/h2-8H,16H2,1H3,(H,17,19)(H,18,20). The number of rotatable bonds is 3. The van der Waals surface area contributed by atoms with E-state index >= 15 is 0 Å². The molecule has 0 saturated carbocycles. The number of nitrogens with two attached hydrogens (primary N) is 1. The van der Waals surface area contributed by atoms with E-state index in [1.165, 1.54) is 7.11 Å². The van der Waals surface area contributed by atoms with Crippen molar-refractivity contribution in [1.29, 1.82) is 0 Å². The maximum Gasteiger partial charge on any atom is 0.255 e. The number of carbonyl (C=O) groups excluding carboxylic acids is 1. The molecule has 0 atom stereocenters. The number of ether oxygens (including phenoxy) is 1. The number of aromatic amines is 1. The zero-order valence-electron chi connectivity index (χ0n) is 11.4. The molecule has 4 N–H and O–H groups in total. The molecule has 0 spiro atoms. The molecule has 0 aliphatic carbocycles. The molecule has 3 rings (SSSR count). The summed E-state index contributed by atoms with van der Waals surface area (Å²) >= 11 is 0. The van der Waals surface area contributed by atoms with Crippen molar-refractivity contribution in [3.05, 3.63) is 48.2 Å². The molecule has 21 heavy (non-hydrogen) atoms. The zero-order chi connectivity index (χ0) is 14.8. The largest absolute Gasteiger partial charge is 0.495 e. The summed E-state index contributed by atoms with van der Waals surface area (Å²) in [5.74, 6) is 0.315. The van der Waals surface area contributed by atoms with E-state index in [4.69, 9.17) is 10.5 Å². The van der Waals surface area contributed by atoms with E-state index in [9.17, 15) is 4.79 Å². The second kappa shape index (κ2) is 5.16. The maximum absolute atomic E-state index is 12.2. The molecule has 6 nitrogen and oxygen atoms in total. The first kappa shape index (κ1) is 13.0. The quantitative estimate of drug-likeness (QED) is 0.643. The summed E-state index contributed by atoms with van der Waals surface area (Å²) in [4.78, 5) is 12.2.